The van der Waals surface area contributed by atoms with E-state index in [0.29, 0.717) is 6.04 Å². The van der Waals surface area contributed by atoms with Crippen LogP contribution in [0.25, 0.3) is 0 Å². The standard InChI is InChI=1S/C11H17N3S/c12-11(4-5-11)10-1-6-13-14(10)9-2-7-15-8-3-9/h1,6,9H,2-5,7-8,12H2. The Labute approximate surface area is 94.4 Å². The van der Waals surface area contributed by atoms with Crippen LogP contribution in [0.1, 0.15) is 37.4 Å². The van der Waals surface area contributed by atoms with Gasteiger partial charge in [0, 0.05) is 6.20 Å². The molecule has 1 aromatic rings. The van der Waals surface area contributed by atoms with E-state index >= 15 is 0 Å². The van der Waals surface area contributed by atoms with Crippen molar-refractivity contribution in [3.8, 4) is 0 Å². The van der Waals surface area contributed by atoms with Crippen molar-refractivity contribution in [3.63, 3.8) is 0 Å². The van der Waals surface area contributed by atoms with Crippen molar-refractivity contribution >= 4 is 11.8 Å². The van der Waals surface area contributed by atoms with Gasteiger partial charge in [0.25, 0.3) is 0 Å². The maximum Gasteiger partial charge on any atom is 0.0586 e. The lowest BCUT2D eigenvalue weighted by atomic mass is 10.1. The molecule has 0 amide bonds. The Hall–Kier alpha value is -0.480. The second kappa shape index (κ2) is 3.52. The van der Waals surface area contributed by atoms with Gasteiger partial charge in [-0.1, -0.05) is 0 Å². The van der Waals surface area contributed by atoms with Gasteiger partial charge in [0.1, 0.15) is 0 Å². The molecule has 1 aromatic heterocycles. The topological polar surface area (TPSA) is 43.8 Å². The summed E-state index contributed by atoms with van der Waals surface area (Å²) in [5.41, 5.74) is 7.48. The summed E-state index contributed by atoms with van der Waals surface area (Å²) >= 11 is 2.05. The van der Waals surface area contributed by atoms with Crippen molar-refractivity contribution in [2.45, 2.75) is 37.3 Å². The molecule has 1 saturated carbocycles. The minimum atomic E-state index is -0.0406. The number of thioether (sulfide) groups is 1. The van der Waals surface area contributed by atoms with Gasteiger partial charge in [0.2, 0.25) is 0 Å². The molecule has 0 aromatic carbocycles. The van der Waals surface area contributed by atoms with Gasteiger partial charge in [-0.2, -0.15) is 16.9 Å². The summed E-state index contributed by atoms with van der Waals surface area (Å²) in [6.07, 6.45) is 6.65. The third kappa shape index (κ3) is 1.70. The van der Waals surface area contributed by atoms with E-state index in [1.54, 1.807) is 0 Å². The zero-order valence-electron chi connectivity index (χ0n) is 8.85. The molecule has 1 aliphatic carbocycles. The molecule has 4 heteroatoms. The quantitative estimate of drug-likeness (QED) is 0.832. The van der Waals surface area contributed by atoms with Gasteiger partial charge in [0.15, 0.2) is 0 Å². The molecule has 3 nitrogen and oxygen atoms in total. The molecule has 2 aliphatic rings. The van der Waals surface area contributed by atoms with Crippen molar-refractivity contribution in [1.82, 2.24) is 9.78 Å². The van der Waals surface area contributed by atoms with Crippen LogP contribution in [0.15, 0.2) is 12.3 Å². The van der Waals surface area contributed by atoms with E-state index in [-0.39, 0.29) is 5.54 Å². The zero-order chi connectivity index (χ0) is 10.3. The molecule has 0 spiro atoms. The molecule has 2 heterocycles. The Morgan fingerprint density at radius 2 is 2.13 bits per heavy atom. The van der Waals surface area contributed by atoms with E-state index in [0.717, 1.165) is 12.8 Å². The molecule has 2 fully saturated rings. The number of aromatic nitrogens is 2. The van der Waals surface area contributed by atoms with Crippen LogP contribution in [-0.4, -0.2) is 21.3 Å². The highest BCUT2D eigenvalue weighted by Gasteiger charge is 2.43. The van der Waals surface area contributed by atoms with Crippen molar-refractivity contribution in [2.24, 2.45) is 5.73 Å². The average Bonchev–Trinajstić information content (AvgIpc) is 2.85. The van der Waals surface area contributed by atoms with Crippen LogP contribution in [0.4, 0.5) is 0 Å². The normalized spacial score (nSPS) is 25.4. The highest BCUT2D eigenvalue weighted by molar-refractivity contribution is 7.99. The van der Waals surface area contributed by atoms with Crippen LogP contribution in [0.5, 0.6) is 0 Å². The molecule has 82 valence electrons. The lowest BCUT2D eigenvalue weighted by Crippen LogP contribution is -2.27. The van der Waals surface area contributed by atoms with Crippen LogP contribution in [-0.2, 0) is 5.54 Å². The smallest absolute Gasteiger partial charge is 0.0586 e. The van der Waals surface area contributed by atoms with Gasteiger partial charge in [-0.3, -0.25) is 4.68 Å². The summed E-state index contributed by atoms with van der Waals surface area (Å²) in [4.78, 5) is 0. The zero-order valence-corrected chi connectivity index (χ0v) is 9.67. The van der Waals surface area contributed by atoms with Gasteiger partial charge < -0.3 is 5.73 Å². The largest absolute Gasteiger partial charge is 0.320 e. The van der Waals surface area contributed by atoms with Crippen LogP contribution < -0.4 is 5.73 Å². The summed E-state index contributed by atoms with van der Waals surface area (Å²) in [5.74, 6) is 2.53. The predicted molar refractivity (Wildman–Crippen MR) is 62.9 cm³/mol. The van der Waals surface area contributed by atoms with Crippen LogP contribution in [0, 0.1) is 0 Å². The summed E-state index contributed by atoms with van der Waals surface area (Å²) in [6, 6.07) is 2.70. The molecule has 0 atom stereocenters. The van der Waals surface area contributed by atoms with E-state index < -0.39 is 0 Å². The number of hydrogen-bond acceptors (Lipinski definition) is 3. The van der Waals surface area contributed by atoms with Gasteiger partial charge in [0.05, 0.1) is 17.3 Å². The third-order valence-electron chi connectivity index (χ3n) is 3.51. The van der Waals surface area contributed by atoms with Crippen LogP contribution >= 0.6 is 11.8 Å². The lowest BCUT2D eigenvalue weighted by Gasteiger charge is -2.25. The van der Waals surface area contributed by atoms with Gasteiger partial charge >= 0.3 is 0 Å². The summed E-state index contributed by atoms with van der Waals surface area (Å²) in [7, 11) is 0. The van der Waals surface area contributed by atoms with Crippen molar-refractivity contribution in [1.29, 1.82) is 0 Å². The first-order chi connectivity index (χ1) is 7.30. The lowest BCUT2D eigenvalue weighted by molar-refractivity contribution is 0.399. The molecule has 2 N–H and O–H groups in total. The first-order valence-electron chi connectivity index (χ1n) is 5.70. The first kappa shape index (κ1) is 9.73. The van der Waals surface area contributed by atoms with Crippen molar-refractivity contribution in [3.05, 3.63) is 18.0 Å². The Morgan fingerprint density at radius 3 is 2.80 bits per heavy atom. The molecule has 1 saturated heterocycles. The Morgan fingerprint density at radius 1 is 1.40 bits per heavy atom. The fourth-order valence-corrected chi connectivity index (χ4v) is 3.40. The molecule has 3 rings (SSSR count). The molecule has 0 bridgehead atoms. The Bertz CT molecular complexity index is 350. The average molecular weight is 223 g/mol. The van der Waals surface area contributed by atoms with E-state index in [9.17, 15) is 0 Å². The summed E-state index contributed by atoms with van der Waals surface area (Å²) < 4.78 is 2.20. The number of rotatable bonds is 2. The fourth-order valence-electron chi connectivity index (χ4n) is 2.32. The Kier molecular flexibility index (Phi) is 2.29. The van der Waals surface area contributed by atoms with Crippen molar-refractivity contribution in [2.75, 3.05) is 11.5 Å². The SMILES string of the molecule is NC1(c2ccnn2C2CCSCC2)CC1. The predicted octanol–water partition coefficient (Wildman–Crippen LogP) is 1.90. The van der Waals surface area contributed by atoms with Gasteiger partial charge in [-0.15, -0.1) is 0 Å². The third-order valence-corrected chi connectivity index (χ3v) is 4.55. The number of nitrogens with zero attached hydrogens (tertiary/aromatic N) is 2. The maximum atomic E-state index is 6.25. The fraction of sp³-hybridized carbons (Fsp3) is 0.727. The highest BCUT2D eigenvalue weighted by atomic mass is 32.2. The maximum absolute atomic E-state index is 6.25. The first-order valence-corrected chi connectivity index (χ1v) is 6.86. The highest BCUT2D eigenvalue weighted by Crippen LogP contribution is 2.44. The molecule has 0 radical (unpaired) electrons. The Balaban J connectivity index is 1.87. The molecule has 0 unspecified atom stereocenters. The second-order valence-electron chi connectivity index (χ2n) is 4.66. The summed E-state index contributed by atoms with van der Waals surface area (Å²) in [6.45, 7) is 0. The number of hydrogen-bond donors (Lipinski definition) is 1. The van der Waals surface area contributed by atoms with Crippen molar-refractivity contribution < 1.29 is 0 Å². The molecule has 1 aliphatic heterocycles. The minimum absolute atomic E-state index is 0.0406. The van der Waals surface area contributed by atoms with Crippen LogP contribution in [0.3, 0.4) is 0 Å². The summed E-state index contributed by atoms with van der Waals surface area (Å²) in [5, 5.41) is 4.47. The molecule has 15 heavy (non-hydrogen) atoms. The van der Waals surface area contributed by atoms with E-state index in [1.807, 2.05) is 6.20 Å². The molecular weight excluding hydrogens is 206 g/mol. The van der Waals surface area contributed by atoms with Gasteiger partial charge in [-0.05, 0) is 43.3 Å². The minimum Gasteiger partial charge on any atom is -0.320 e. The number of nitrogens with two attached hydrogens (primary N) is 1. The van der Waals surface area contributed by atoms with E-state index in [1.165, 1.54) is 30.0 Å². The molecular formula is C11H17N3S. The van der Waals surface area contributed by atoms with E-state index in [2.05, 4.69) is 27.6 Å². The second-order valence-corrected chi connectivity index (χ2v) is 5.89. The van der Waals surface area contributed by atoms with E-state index in [4.69, 9.17) is 5.73 Å². The van der Waals surface area contributed by atoms with Crippen LogP contribution in [0.2, 0.25) is 0 Å². The van der Waals surface area contributed by atoms with Gasteiger partial charge in [-0.25, -0.2) is 0 Å². The monoisotopic (exact) mass is 223 g/mol.